The normalized spacial score (nSPS) is 14.5. The fourth-order valence-corrected chi connectivity index (χ4v) is 3.22. The summed E-state index contributed by atoms with van der Waals surface area (Å²) in [7, 11) is 0. The van der Waals surface area contributed by atoms with E-state index in [1.54, 1.807) is 12.1 Å². The molecular weight excluding hydrogens is 352 g/mol. The van der Waals surface area contributed by atoms with Gasteiger partial charge >= 0.3 is 0 Å². The van der Waals surface area contributed by atoms with Crippen LogP contribution in [0, 0.1) is 5.92 Å². The number of piperidine rings is 1. The molecule has 0 aliphatic carbocycles. The van der Waals surface area contributed by atoms with E-state index in [2.05, 4.69) is 27.4 Å². The van der Waals surface area contributed by atoms with E-state index in [0.29, 0.717) is 18.7 Å². The van der Waals surface area contributed by atoms with Crippen molar-refractivity contribution in [2.45, 2.75) is 32.7 Å². The number of anilines is 1. The zero-order chi connectivity index (χ0) is 19.8. The standard InChI is InChI=1S/C22H28N4O2/c1-17-10-13-26(14-11-17)20-8-7-18(15-24-20)16-25-21(27)9-12-23-22(28)19-5-3-2-4-6-19/h2-8,15,17H,9-14,16H2,1H3,(H,23,28)(H,25,27). The lowest BCUT2D eigenvalue weighted by atomic mass is 9.99. The third-order valence-electron chi connectivity index (χ3n) is 5.08. The number of rotatable bonds is 7. The van der Waals surface area contributed by atoms with Crippen molar-refractivity contribution in [3.63, 3.8) is 0 Å². The maximum absolute atomic E-state index is 12.0. The average Bonchev–Trinajstić information content (AvgIpc) is 2.74. The first-order valence-corrected chi connectivity index (χ1v) is 9.91. The number of hydrogen-bond donors (Lipinski definition) is 2. The van der Waals surface area contributed by atoms with Crippen molar-refractivity contribution in [2.24, 2.45) is 5.92 Å². The van der Waals surface area contributed by atoms with Gasteiger partial charge in [0.15, 0.2) is 0 Å². The molecule has 1 aromatic carbocycles. The van der Waals surface area contributed by atoms with Crippen molar-refractivity contribution < 1.29 is 9.59 Å². The molecule has 0 bridgehead atoms. The number of nitrogens with zero attached hydrogens (tertiary/aromatic N) is 2. The highest BCUT2D eigenvalue weighted by molar-refractivity contribution is 5.94. The smallest absolute Gasteiger partial charge is 0.251 e. The van der Waals surface area contributed by atoms with Crippen LogP contribution in [0.3, 0.4) is 0 Å². The number of carbonyl (C=O) groups is 2. The molecule has 1 aliphatic heterocycles. The highest BCUT2D eigenvalue weighted by Crippen LogP contribution is 2.21. The predicted molar refractivity (Wildman–Crippen MR) is 110 cm³/mol. The molecule has 1 aliphatic rings. The molecule has 0 spiro atoms. The Morgan fingerprint density at radius 3 is 2.50 bits per heavy atom. The van der Waals surface area contributed by atoms with Crippen LogP contribution in [-0.4, -0.2) is 36.4 Å². The van der Waals surface area contributed by atoms with Gasteiger partial charge in [-0.15, -0.1) is 0 Å². The van der Waals surface area contributed by atoms with Gasteiger partial charge in [0.1, 0.15) is 5.82 Å². The molecule has 0 saturated carbocycles. The molecule has 28 heavy (non-hydrogen) atoms. The van der Waals surface area contributed by atoms with Crippen molar-refractivity contribution >= 4 is 17.6 Å². The van der Waals surface area contributed by atoms with Crippen molar-refractivity contribution in [1.29, 1.82) is 0 Å². The van der Waals surface area contributed by atoms with Crippen molar-refractivity contribution in [1.82, 2.24) is 15.6 Å². The lowest BCUT2D eigenvalue weighted by molar-refractivity contribution is -0.121. The first-order valence-electron chi connectivity index (χ1n) is 9.91. The molecule has 0 unspecified atom stereocenters. The monoisotopic (exact) mass is 380 g/mol. The largest absolute Gasteiger partial charge is 0.357 e. The Kier molecular flexibility index (Phi) is 7.00. The van der Waals surface area contributed by atoms with Gasteiger partial charge in [-0.2, -0.15) is 0 Å². The molecule has 1 aromatic heterocycles. The molecule has 2 aromatic rings. The molecule has 148 valence electrons. The zero-order valence-electron chi connectivity index (χ0n) is 16.4. The van der Waals surface area contributed by atoms with Crippen molar-refractivity contribution in [2.75, 3.05) is 24.5 Å². The summed E-state index contributed by atoms with van der Waals surface area (Å²) >= 11 is 0. The molecule has 2 N–H and O–H groups in total. The van der Waals surface area contributed by atoms with Gasteiger partial charge in [-0.1, -0.05) is 31.2 Å². The number of hydrogen-bond acceptors (Lipinski definition) is 4. The lowest BCUT2D eigenvalue weighted by Gasteiger charge is -2.31. The molecule has 0 radical (unpaired) electrons. The Morgan fingerprint density at radius 2 is 1.82 bits per heavy atom. The topological polar surface area (TPSA) is 74.3 Å². The van der Waals surface area contributed by atoms with Crippen LogP contribution in [0.15, 0.2) is 48.7 Å². The van der Waals surface area contributed by atoms with E-state index >= 15 is 0 Å². The number of nitrogens with one attached hydrogen (secondary N) is 2. The lowest BCUT2D eigenvalue weighted by Crippen LogP contribution is -2.33. The predicted octanol–water partition coefficient (Wildman–Crippen LogP) is 2.75. The first kappa shape index (κ1) is 19.9. The Bertz CT molecular complexity index is 769. The third-order valence-corrected chi connectivity index (χ3v) is 5.08. The molecule has 3 rings (SSSR count). The molecule has 6 heteroatoms. The quantitative estimate of drug-likeness (QED) is 0.775. The van der Waals surface area contributed by atoms with Crippen molar-refractivity contribution in [3.05, 3.63) is 59.8 Å². The van der Waals surface area contributed by atoms with Crippen LogP contribution in [0.1, 0.15) is 42.1 Å². The maximum atomic E-state index is 12.0. The summed E-state index contributed by atoms with van der Waals surface area (Å²) in [6.07, 6.45) is 4.49. The second-order valence-corrected chi connectivity index (χ2v) is 7.34. The molecule has 2 heterocycles. The number of pyridine rings is 1. The van der Waals surface area contributed by atoms with Gasteiger partial charge in [-0.25, -0.2) is 4.98 Å². The Morgan fingerprint density at radius 1 is 1.07 bits per heavy atom. The van der Waals surface area contributed by atoms with Crippen LogP contribution in [0.2, 0.25) is 0 Å². The second-order valence-electron chi connectivity index (χ2n) is 7.34. The van der Waals surface area contributed by atoms with E-state index in [-0.39, 0.29) is 18.2 Å². The van der Waals surface area contributed by atoms with Gasteiger partial charge in [-0.05, 0) is 42.5 Å². The highest BCUT2D eigenvalue weighted by atomic mass is 16.2. The summed E-state index contributed by atoms with van der Waals surface area (Å²) in [5.41, 5.74) is 1.56. The minimum Gasteiger partial charge on any atom is -0.357 e. The van der Waals surface area contributed by atoms with Crippen LogP contribution < -0.4 is 15.5 Å². The van der Waals surface area contributed by atoms with E-state index in [0.717, 1.165) is 30.4 Å². The second kappa shape index (κ2) is 9.88. The molecular formula is C22H28N4O2. The van der Waals surface area contributed by atoms with Gasteiger partial charge < -0.3 is 15.5 Å². The summed E-state index contributed by atoms with van der Waals surface area (Å²) < 4.78 is 0. The summed E-state index contributed by atoms with van der Waals surface area (Å²) in [6.45, 7) is 5.15. The van der Waals surface area contributed by atoms with Gasteiger partial charge in [0, 0.05) is 44.4 Å². The van der Waals surface area contributed by atoms with E-state index in [1.807, 2.05) is 36.5 Å². The van der Waals surface area contributed by atoms with Crippen LogP contribution in [-0.2, 0) is 11.3 Å². The average molecular weight is 380 g/mol. The van der Waals surface area contributed by atoms with Gasteiger partial charge in [-0.3, -0.25) is 9.59 Å². The van der Waals surface area contributed by atoms with E-state index in [1.165, 1.54) is 12.8 Å². The first-order chi connectivity index (χ1) is 13.6. The highest BCUT2D eigenvalue weighted by Gasteiger charge is 2.16. The van der Waals surface area contributed by atoms with Crippen LogP contribution in [0.4, 0.5) is 5.82 Å². The fourth-order valence-electron chi connectivity index (χ4n) is 3.22. The number of carbonyl (C=O) groups excluding carboxylic acids is 2. The van der Waals surface area contributed by atoms with E-state index in [9.17, 15) is 9.59 Å². The number of amides is 2. The maximum Gasteiger partial charge on any atom is 0.251 e. The Labute approximate surface area is 166 Å². The summed E-state index contributed by atoms with van der Waals surface area (Å²) in [4.78, 5) is 30.8. The zero-order valence-corrected chi connectivity index (χ0v) is 16.4. The Balaban J connectivity index is 1.37. The van der Waals surface area contributed by atoms with Crippen LogP contribution >= 0.6 is 0 Å². The molecule has 2 amide bonds. The number of aromatic nitrogens is 1. The van der Waals surface area contributed by atoms with E-state index in [4.69, 9.17) is 0 Å². The van der Waals surface area contributed by atoms with Gasteiger partial charge in [0.05, 0.1) is 0 Å². The third kappa shape index (κ3) is 5.81. The molecule has 0 atom stereocenters. The summed E-state index contributed by atoms with van der Waals surface area (Å²) in [6, 6.07) is 13.0. The summed E-state index contributed by atoms with van der Waals surface area (Å²) in [5.74, 6) is 1.54. The van der Waals surface area contributed by atoms with Crippen molar-refractivity contribution in [3.8, 4) is 0 Å². The minimum atomic E-state index is -0.166. The van der Waals surface area contributed by atoms with Gasteiger partial charge in [0.25, 0.3) is 5.91 Å². The Hall–Kier alpha value is -2.89. The minimum absolute atomic E-state index is 0.0949. The van der Waals surface area contributed by atoms with Gasteiger partial charge in [0.2, 0.25) is 5.91 Å². The van der Waals surface area contributed by atoms with E-state index < -0.39 is 0 Å². The molecule has 1 saturated heterocycles. The van der Waals surface area contributed by atoms with Crippen LogP contribution in [0.5, 0.6) is 0 Å². The number of benzene rings is 1. The molecule has 1 fully saturated rings. The van der Waals surface area contributed by atoms with Crippen LogP contribution in [0.25, 0.3) is 0 Å². The molecule has 6 nitrogen and oxygen atoms in total. The summed E-state index contributed by atoms with van der Waals surface area (Å²) in [5, 5.41) is 5.63. The SMILES string of the molecule is CC1CCN(c2ccc(CNC(=O)CCNC(=O)c3ccccc3)cn2)CC1. The fraction of sp³-hybridized carbons (Fsp3) is 0.409.